The van der Waals surface area contributed by atoms with Gasteiger partial charge in [0.25, 0.3) is 0 Å². The lowest BCUT2D eigenvalue weighted by Crippen LogP contribution is -2.16. The minimum Gasteiger partial charge on any atom is -0.310 e. The molecule has 2 heterocycles. The molecule has 0 saturated heterocycles. The Labute approximate surface area is 119 Å². The van der Waals surface area contributed by atoms with Crippen LogP contribution in [0.2, 0.25) is 0 Å². The highest BCUT2D eigenvalue weighted by Crippen LogP contribution is 2.39. The molecule has 0 bridgehead atoms. The fourth-order valence-electron chi connectivity index (χ4n) is 2.56. The molecule has 2 aliphatic rings. The summed E-state index contributed by atoms with van der Waals surface area (Å²) >= 11 is 0. The maximum absolute atomic E-state index is 4.66. The van der Waals surface area contributed by atoms with Crippen LogP contribution in [0, 0.1) is 6.92 Å². The van der Waals surface area contributed by atoms with Crippen molar-refractivity contribution in [1.29, 1.82) is 0 Å². The smallest absolute Gasteiger partial charge is 0.156 e. The van der Waals surface area contributed by atoms with Gasteiger partial charge in [-0.05, 0) is 55.9 Å². The molecule has 0 radical (unpaired) electrons. The van der Waals surface area contributed by atoms with Gasteiger partial charge in [-0.25, -0.2) is 9.67 Å². The minimum absolute atomic E-state index is 0.693. The average molecular weight is 268 g/mol. The van der Waals surface area contributed by atoms with Crippen molar-refractivity contribution in [3.8, 4) is 5.82 Å². The third-order valence-corrected chi connectivity index (χ3v) is 4.10. The molecule has 0 aromatic carbocycles. The van der Waals surface area contributed by atoms with Gasteiger partial charge in [-0.3, -0.25) is 0 Å². The van der Waals surface area contributed by atoms with Gasteiger partial charge in [-0.1, -0.05) is 0 Å². The Morgan fingerprint density at radius 3 is 2.85 bits per heavy atom. The molecule has 2 aliphatic carbocycles. The third-order valence-electron chi connectivity index (χ3n) is 4.10. The fourth-order valence-corrected chi connectivity index (χ4v) is 2.56. The van der Waals surface area contributed by atoms with E-state index in [4.69, 9.17) is 0 Å². The number of hydrogen-bond donors (Lipinski definition) is 1. The molecule has 2 saturated carbocycles. The van der Waals surface area contributed by atoms with Gasteiger partial charge in [0.2, 0.25) is 0 Å². The standard InChI is InChI=1S/C16H20N4/c1-11-8-12(9-17-14-4-5-14)10-18-16(11)20-7-6-15(19-20)13-2-3-13/h6-8,10,13-14,17H,2-5,9H2,1H3. The van der Waals surface area contributed by atoms with E-state index < -0.39 is 0 Å². The quantitative estimate of drug-likeness (QED) is 0.906. The van der Waals surface area contributed by atoms with E-state index in [1.54, 1.807) is 0 Å². The Hall–Kier alpha value is -1.68. The number of aryl methyl sites for hydroxylation is 1. The van der Waals surface area contributed by atoms with E-state index in [0.717, 1.165) is 18.4 Å². The molecule has 0 aliphatic heterocycles. The van der Waals surface area contributed by atoms with Crippen LogP contribution in [0.1, 0.15) is 48.4 Å². The predicted octanol–water partition coefficient (Wildman–Crippen LogP) is 2.71. The maximum atomic E-state index is 4.66. The molecule has 2 aromatic heterocycles. The van der Waals surface area contributed by atoms with Crippen LogP contribution in [-0.4, -0.2) is 20.8 Å². The first-order chi connectivity index (χ1) is 9.79. The average Bonchev–Trinajstić information content (AvgIpc) is 3.37. The number of rotatable bonds is 5. The van der Waals surface area contributed by atoms with Crippen LogP contribution >= 0.6 is 0 Å². The monoisotopic (exact) mass is 268 g/mol. The highest BCUT2D eigenvalue weighted by molar-refractivity contribution is 5.35. The second-order valence-electron chi connectivity index (χ2n) is 6.10. The minimum atomic E-state index is 0.693. The second kappa shape index (κ2) is 4.70. The van der Waals surface area contributed by atoms with Crippen LogP contribution in [0.25, 0.3) is 5.82 Å². The van der Waals surface area contributed by atoms with Crippen molar-refractivity contribution >= 4 is 0 Å². The van der Waals surface area contributed by atoms with Crippen molar-refractivity contribution in [1.82, 2.24) is 20.1 Å². The molecule has 2 fully saturated rings. The highest BCUT2D eigenvalue weighted by atomic mass is 15.3. The van der Waals surface area contributed by atoms with Gasteiger partial charge in [0, 0.05) is 30.9 Å². The number of hydrogen-bond acceptors (Lipinski definition) is 3. The van der Waals surface area contributed by atoms with Crippen molar-refractivity contribution in [2.45, 2.75) is 51.1 Å². The molecule has 20 heavy (non-hydrogen) atoms. The molecule has 1 N–H and O–H groups in total. The number of nitrogens with zero attached hydrogens (tertiary/aromatic N) is 3. The molecule has 0 atom stereocenters. The molecule has 104 valence electrons. The normalized spacial score (nSPS) is 18.4. The van der Waals surface area contributed by atoms with Gasteiger partial charge in [0.1, 0.15) is 0 Å². The summed E-state index contributed by atoms with van der Waals surface area (Å²) in [6.07, 6.45) is 9.22. The Balaban J connectivity index is 1.53. The lowest BCUT2D eigenvalue weighted by Gasteiger charge is -2.08. The third kappa shape index (κ3) is 2.48. The highest BCUT2D eigenvalue weighted by Gasteiger charge is 2.26. The zero-order valence-corrected chi connectivity index (χ0v) is 11.8. The van der Waals surface area contributed by atoms with E-state index in [-0.39, 0.29) is 0 Å². The van der Waals surface area contributed by atoms with E-state index in [0.29, 0.717) is 5.92 Å². The van der Waals surface area contributed by atoms with Crippen molar-refractivity contribution in [2.24, 2.45) is 0 Å². The molecular formula is C16H20N4. The summed E-state index contributed by atoms with van der Waals surface area (Å²) in [6, 6.07) is 5.08. The van der Waals surface area contributed by atoms with Crippen LogP contribution in [-0.2, 0) is 6.54 Å². The largest absolute Gasteiger partial charge is 0.310 e. The molecule has 0 spiro atoms. The molecule has 0 amide bonds. The van der Waals surface area contributed by atoms with Crippen molar-refractivity contribution in [3.05, 3.63) is 41.3 Å². The van der Waals surface area contributed by atoms with Gasteiger partial charge in [0.05, 0.1) is 5.69 Å². The first kappa shape index (κ1) is 12.1. The number of nitrogens with one attached hydrogen (secondary N) is 1. The topological polar surface area (TPSA) is 42.7 Å². The van der Waals surface area contributed by atoms with Gasteiger partial charge in [0.15, 0.2) is 5.82 Å². The van der Waals surface area contributed by atoms with Crippen molar-refractivity contribution in [2.75, 3.05) is 0 Å². The van der Waals surface area contributed by atoms with E-state index in [1.165, 1.54) is 42.5 Å². The predicted molar refractivity (Wildman–Crippen MR) is 77.9 cm³/mol. The fraction of sp³-hybridized carbons (Fsp3) is 0.500. The van der Waals surface area contributed by atoms with Crippen LogP contribution in [0.3, 0.4) is 0 Å². The SMILES string of the molecule is Cc1cc(CNC2CC2)cnc1-n1ccc(C2CC2)n1. The van der Waals surface area contributed by atoms with Gasteiger partial charge in [-0.2, -0.15) is 5.10 Å². The van der Waals surface area contributed by atoms with Crippen LogP contribution in [0.5, 0.6) is 0 Å². The lowest BCUT2D eigenvalue weighted by molar-refractivity contribution is 0.684. The molecule has 4 rings (SSSR count). The van der Waals surface area contributed by atoms with Gasteiger partial charge >= 0.3 is 0 Å². The summed E-state index contributed by atoms with van der Waals surface area (Å²) in [5, 5.41) is 8.18. The number of aromatic nitrogens is 3. The van der Waals surface area contributed by atoms with E-state index in [9.17, 15) is 0 Å². The van der Waals surface area contributed by atoms with E-state index in [1.807, 2.05) is 17.1 Å². The summed E-state index contributed by atoms with van der Waals surface area (Å²) in [6.45, 7) is 3.03. The van der Waals surface area contributed by atoms with Crippen molar-refractivity contribution in [3.63, 3.8) is 0 Å². The van der Waals surface area contributed by atoms with Crippen LogP contribution in [0.15, 0.2) is 24.5 Å². The maximum Gasteiger partial charge on any atom is 0.156 e. The molecular weight excluding hydrogens is 248 g/mol. The second-order valence-corrected chi connectivity index (χ2v) is 6.10. The summed E-state index contributed by atoms with van der Waals surface area (Å²) < 4.78 is 1.92. The molecule has 4 heteroatoms. The lowest BCUT2D eigenvalue weighted by atomic mass is 10.2. The first-order valence-electron chi connectivity index (χ1n) is 7.54. The number of pyridine rings is 1. The summed E-state index contributed by atoms with van der Waals surface area (Å²) in [4.78, 5) is 4.60. The first-order valence-corrected chi connectivity index (χ1v) is 7.54. The zero-order valence-electron chi connectivity index (χ0n) is 11.8. The van der Waals surface area contributed by atoms with Gasteiger partial charge in [-0.15, -0.1) is 0 Å². The Morgan fingerprint density at radius 2 is 2.15 bits per heavy atom. The zero-order chi connectivity index (χ0) is 13.5. The van der Waals surface area contributed by atoms with Crippen molar-refractivity contribution < 1.29 is 0 Å². The van der Waals surface area contributed by atoms with Gasteiger partial charge < -0.3 is 5.32 Å². The molecule has 0 unspecified atom stereocenters. The summed E-state index contributed by atoms with van der Waals surface area (Å²) in [7, 11) is 0. The van der Waals surface area contributed by atoms with Crippen LogP contribution in [0.4, 0.5) is 0 Å². The van der Waals surface area contributed by atoms with Crippen LogP contribution < -0.4 is 5.32 Å². The molecule has 4 nitrogen and oxygen atoms in total. The summed E-state index contributed by atoms with van der Waals surface area (Å²) in [5.74, 6) is 1.64. The Kier molecular flexibility index (Phi) is 2.84. The van der Waals surface area contributed by atoms with E-state index >= 15 is 0 Å². The molecule has 2 aromatic rings. The summed E-state index contributed by atoms with van der Waals surface area (Å²) in [5.41, 5.74) is 3.66. The Bertz CT molecular complexity index is 623. The van der Waals surface area contributed by atoms with E-state index in [2.05, 4.69) is 34.5 Å². The Morgan fingerprint density at radius 1 is 1.30 bits per heavy atom.